The first-order valence-electron chi connectivity index (χ1n) is 8.35. The molecule has 0 aliphatic heterocycles. The van der Waals surface area contributed by atoms with Crippen LogP contribution in [0.5, 0.6) is 0 Å². The summed E-state index contributed by atoms with van der Waals surface area (Å²) in [4.78, 5) is 5.64. The van der Waals surface area contributed by atoms with Crippen molar-refractivity contribution >= 4 is 37.6 Å². The number of rotatable bonds is 3. The first-order valence-corrected chi connectivity index (χ1v) is 9.16. The number of aryl methyl sites for hydroxylation is 2. The minimum Gasteiger partial charge on any atom is -0.363 e. The van der Waals surface area contributed by atoms with Gasteiger partial charge in [0.25, 0.3) is 0 Å². The van der Waals surface area contributed by atoms with E-state index in [-0.39, 0.29) is 5.82 Å². The molecule has 0 saturated carbocycles. The third kappa shape index (κ3) is 3.35. The van der Waals surface area contributed by atoms with E-state index >= 15 is 0 Å². The number of benzene rings is 1. The fraction of sp³-hybridized carbons (Fsp3) is 0.263. The predicted octanol–water partition coefficient (Wildman–Crippen LogP) is 5.57. The van der Waals surface area contributed by atoms with Crippen LogP contribution >= 0.6 is 11.3 Å². The zero-order valence-corrected chi connectivity index (χ0v) is 15.6. The number of hydrogen-bond acceptors (Lipinski definition) is 4. The Bertz CT molecular complexity index is 1000. The Labute approximate surface area is 150 Å². The third-order valence-corrected chi connectivity index (χ3v) is 4.95. The molecule has 4 nitrogen and oxygen atoms in total. The summed E-state index contributed by atoms with van der Waals surface area (Å²) in [6.07, 6.45) is 0. The van der Waals surface area contributed by atoms with Gasteiger partial charge in [-0.05, 0) is 43.2 Å². The van der Waals surface area contributed by atoms with Gasteiger partial charge in [-0.1, -0.05) is 26.0 Å². The Balaban J connectivity index is 0.000000880. The number of H-pyrrole nitrogens is 1. The Hall–Kier alpha value is -2.47. The van der Waals surface area contributed by atoms with Gasteiger partial charge in [-0.3, -0.25) is 5.10 Å². The number of aromatic nitrogens is 3. The molecule has 3 heterocycles. The molecule has 6 heteroatoms. The van der Waals surface area contributed by atoms with Crippen LogP contribution in [-0.2, 0) is 6.54 Å². The van der Waals surface area contributed by atoms with Crippen molar-refractivity contribution in [1.82, 2.24) is 15.2 Å². The highest BCUT2D eigenvalue weighted by molar-refractivity contribution is 7.26. The number of anilines is 1. The number of fused-ring (bicyclic) bond motifs is 3. The van der Waals surface area contributed by atoms with Gasteiger partial charge in [-0.25, -0.2) is 9.37 Å². The smallest absolute Gasteiger partial charge is 0.166 e. The van der Waals surface area contributed by atoms with Crippen LogP contribution in [0.25, 0.3) is 20.4 Å². The van der Waals surface area contributed by atoms with Gasteiger partial charge in [0.05, 0.1) is 10.2 Å². The van der Waals surface area contributed by atoms with Crippen molar-refractivity contribution in [3.8, 4) is 0 Å². The summed E-state index contributed by atoms with van der Waals surface area (Å²) in [5.74, 6) is 0.585. The highest BCUT2D eigenvalue weighted by atomic mass is 32.1. The van der Waals surface area contributed by atoms with Gasteiger partial charge in [0, 0.05) is 17.6 Å². The maximum absolute atomic E-state index is 13.0. The van der Waals surface area contributed by atoms with Gasteiger partial charge in [0.2, 0.25) is 0 Å². The lowest BCUT2D eigenvalue weighted by Gasteiger charge is -2.02. The second-order valence-corrected chi connectivity index (χ2v) is 6.62. The topological polar surface area (TPSA) is 53.6 Å². The zero-order valence-electron chi connectivity index (χ0n) is 14.8. The van der Waals surface area contributed by atoms with Crippen molar-refractivity contribution in [2.75, 3.05) is 5.32 Å². The molecule has 0 bridgehead atoms. The predicted molar refractivity (Wildman–Crippen MR) is 104 cm³/mol. The number of nitrogens with zero attached hydrogens (tertiary/aromatic N) is 2. The number of pyridine rings is 1. The summed E-state index contributed by atoms with van der Waals surface area (Å²) >= 11 is 1.63. The van der Waals surface area contributed by atoms with Gasteiger partial charge in [-0.2, -0.15) is 5.10 Å². The molecule has 0 aliphatic carbocycles. The van der Waals surface area contributed by atoms with Crippen LogP contribution in [0.15, 0.2) is 30.3 Å². The minimum atomic E-state index is -0.225. The summed E-state index contributed by atoms with van der Waals surface area (Å²) in [6.45, 7) is 8.70. The van der Waals surface area contributed by atoms with E-state index in [1.807, 2.05) is 20.8 Å². The number of aromatic amines is 1. The van der Waals surface area contributed by atoms with E-state index < -0.39 is 0 Å². The number of halogens is 1. The Morgan fingerprint density at radius 2 is 1.88 bits per heavy atom. The molecule has 0 amide bonds. The van der Waals surface area contributed by atoms with E-state index in [1.54, 1.807) is 23.5 Å². The number of thiophene rings is 1. The van der Waals surface area contributed by atoms with Crippen molar-refractivity contribution in [3.05, 3.63) is 53.0 Å². The largest absolute Gasteiger partial charge is 0.363 e. The lowest BCUT2D eigenvalue weighted by Crippen LogP contribution is -1.99. The normalized spacial score (nSPS) is 10.8. The molecule has 0 atom stereocenters. The standard InChI is InChI=1S/C17H15FN4S.C2H6/c1-9-7-10(2)20-17-13(9)14-15(23-17)16(22-21-14)19-8-11-3-5-12(18)6-4-11;1-2/h3-7H,8H2,1-2H3,(H2,19,21,22);1-2H3. The lowest BCUT2D eigenvalue weighted by atomic mass is 10.1. The van der Waals surface area contributed by atoms with Crippen molar-refractivity contribution < 1.29 is 4.39 Å². The second kappa shape index (κ2) is 7.19. The summed E-state index contributed by atoms with van der Waals surface area (Å²) < 4.78 is 14.0. The maximum Gasteiger partial charge on any atom is 0.166 e. The molecule has 1 aromatic carbocycles. The van der Waals surface area contributed by atoms with E-state index in [2.05, 4.69) is 33.5 Å². The number of nitrogens with one attached hydrogen (secondary N) is 2. The van der Waals surface area contributed by atoms with Crippen molar-refractivity contribution in [2.24, 2.45) is 0 Å². The fourth-order valence-corrected chi connectivity index (χ4v) is 4.00. The van der Waals surface area contributed by atoms with Crippen LogP contribution in [0, 0.1) is 19.7 Å². The van der Waals surface area contributed by atoms with Crippen LogP contribution < -0.4 is 5.32 Å². The zero-order chi connectivity index (χ0) is 18.0. The molecule has 130 valence electrons. The summed E-state index contributed by atoms with van der Waals surface area (Å²) in [5, 5.41) is 11.9. The molecule has 0 saturated heterocycles. The molecule has 25 heavy (non-hydrogen) atoms. The van der Waals surface area contributed by atoms with Crippen LogP contribution in [0.3, 0.4) is 0 Å². The molecule has 0 radical (unpaired) electrons. The van der Waals surface area contributed by atoms with E-state index in [0.29, 0.717) is 6.54 Å². The van der Waals surface area contributed by atoms with E-state index in [4.69, 9.17) is 0 Å². The van der Waals surface area contributed by atoms with E-state index in [1.165, 1.54) is 17.7 Å². The molecule has 4 rings (SSSR count). The Kier molecular flexibility index (Phi) is 4.99. The highest BCUT2D eigenvalue weighted by Crippen LogP contribution is 2.37. The maximum atomic E-state index is 13.0. The van der Waals surface area contributed by atoms with Crippen LogP contribution in [0.1, 0.15) is 30.7 Å². The lowest BCUT2D eigenvalue weighted by molar-refractivity contribution is 0.627. The van der Waals surface area contributed by atoms with Gasteiger partial charge < -0.3 is 5.32 Å². The fourth-order valence-electron chi connectivity index (χ4n) is 2.79. The monoisotopic (exact) mass is 356 g/mol. The van der Waals surface area contributed by atoms with Crippen molar-refractivity contribution in [3.63, 3.8) is 0 Å². The summed E-state index contributed by atoms with van der Waals surface area (Å²) in [6, 6.07) is 8.55. The quantitative estimate of drug-likeness (QED) is 0.505. The summed E-state index contributed by atoms with van der Waals surface area (Å²) in [7, 11) is 0. The Morgan fingerprint density at radius 1 is 1.16 bits per heavy atom. The molecular weight excluding hydrogens is 335 g/mol. The molecule has 0 unspecified atom stereocenters. The van der Waals surface area contributed by atoms with Crippen molar-refractivity contribution in [1.29, 1.82) is 0 Å². The molecule has 0 aliphatic rings. The molecule has 2 N–H and O–H groups in total. The van der Waals surface area contributed by atoms with Crippen molar-refractivity contribution in [2.45, 2.75) is 34.2 Å². The molecule has 0 fully saturated rings. The molecule has 3 aromatic heterocycles. The molecule has 4 aromatic rings. The van der Waals surface area contributed by atoms with E-state index in [0.717, 1.165) is 37.5 Å². The number of hydrogen-bond donors (Lipinski definition) is 2. The summed E-state index contributed by atoms with van der Waals surface area (Å²) in [5.41, 5.74) is 4.26. The van der Waals surface area contributed by atoms with Gasteiger partial charge in [0.1, 0.15) is 10.6 Å². The molecular formula is C19H21FN4S. The first-order chi connectivity index (χ1) is 12.1. The minimum absolute atomic E-state index is 0.225. The highest BCUT2D eigenvalue weighted by Gasteiger charge is 2.15. The SMILES string of the molecule is CC.Cc1cc(C)c2c(n1)sc1c(NCc3ccc(F)cc3)n[nH]c12. The van der Waals surface area contributed by atoms with Gasteiger partial charge in [-0.15, -0.1) is 11.3 Å². The second-order valence-electron chi connectivity index (χ2n) is 5.62. The third-order valence-electron chi connectivity index (χ3n) is 3.86. The van der Waals surface area contributed by atoms with Crippen LogP contribution in [-0.4, -0.2) is 15.2 Å². The van der Waals surface area contributed by atoms with Crippen LogP contribution in [0.2, 0.25) is 0 Å². The van der Waals surface area contributed by atoms with Gasteiger partial charge >= 0.3 is 0 Å². The van der Waals surface area contributed by atoms with Gasteiger partial charge in [0.15, 0.2) is 5.82 Å². The average molecular weight is 356 g/mol. The average Bonchev–Trinajstić information content (AvgIpc) is 3.15. The van der Waals surface area contributed by atoms with E-state index in [9.17, 15) is 4.39 Å². The first kappa shape index (κ1) is 17.4. The van der Waals surface area contributed by atoms with Crippen LogP contribution in [0.4, 0.5) is 10.2 Å². The Morgan fingerprint density at radius 3 is 2.60 bits per heavy atom. The molecule has 0 spiro atoms.